The van der Waals surface area contributed by atoms with Crippen molar-refractivity contribution in [2.24, 2.45) is 0 Å². The zero-order valence-electron chi connectivity index (χ0n) is 15.4. The van der Waals surface area contributed by atoms with Gasteiger partial charge in [0.2, 0.25) is 0 Å². The second kappa shape index (κ2) is 7.29. The molecule has 0 aliphatic carbocycles. The van der Waals surface area contributed by atoms with Gasteiger partial charge in [-0.05, 0) is 56.4 Å². The van der Waals surface area contributed by atoms with Gasteiger partial charge in [-0.15, -0.1) is 0 Å². The molecule has 0 fully saturated rings. The lowest BCUT2D eigenvalue weighted by Gasteiger charge is -2.08. The van der Waals surface area contributed by atoms with Crippen LogP contribution >= 0.6 is 0 Å². The van der Waals surface area contributed by atoms with Gasteiger partial charge < -0.3 is 9.15 Å². The predicted molar refractivity (Wildman–Crippen MR) is 102 cm³/mol. The number of hydrogen-bond donors (Lipinski definition) is 0. The van der Waals surface area contributed by atoms with Crippen molar-refractivity contribution >= 4 is 21.9 Å². The summed E-state index contributed by atoms with van der Waals surface area (Å²) in [6, 6.07) is 8.71. The van der Waals surface area contributed by atoms with Crippen LogP contribution in [0.2, 0.25) is 0 Å². The number of furan rings is 1. The summed E-state index contributed by atoms with van der Waals surface area (Å²) >= 11 is 0. The molecule has 0 saturated heterocycles. The highest BCUT2D eigenvalue weighted by Gasteiger charge is 2.15. The van der Waals surface area contributed by atoms with Crippen molar-refractivity contribution in [3.05, 3.63) is 41.0 Å². The molecule has 3 rings (SSSR count). The Bertz CT molecular complexity index is 842. The normalized spacial score (nSPS) is 11.5. The number of rotatable bonds is 7. The third-order valence-corrected chi connectivity index (χ3v) is 4.92. The molecule has 3 aromatic rings. The monoisotopic (exact) mass is 324 g/mol. The first-order valence-electron chi connectivity index (χ1n) is 9.24. The van der Waals surface area contributed by atoms with Crippen LogP contribution in [-0.2, 0) is 6.42 Å². The summed E-state index contributed by atoms with van der Waals surface area (Å²) in [6.07, 6.45) is 5.79. The molecule has 128 valence electrons. The van der Waals surface area contributed by atoms with Crippen molar-refractivity contribution in [1.82, 2.24) is 0 Å². The van der Waals surface area contributed by atoms with E-state index in [-0.39, 0.29) is 0 Å². The summed E-state index contributed by atoms with van der Waals surface area (Å²) < 4.78 is 12.2. The third-order valence-electron chi connectivity index (χ3n) is 4.92. The minimum absolute atomic E-state index is 0.767. The van der Waals surface area contributed by atoms with Gasteiger partial charge >= 0.3 is 0 Å². The van der Waals surface area contributed by atoms with E-state index in [9.17, 15) is 0 Å². The van der Waals surface area contributed by atoms with E-state index in [1.807, 2.05) is 0 Å². The maximum Gasteiger partial charge on any atom is 0.142 e. The van der Waals surface area contributed by atoms with Crippen molar-refractivity contribution in [3.8, 4) is 5.75 Å². The van der Waals surface area contributed by atoms with Gasteiger partial charge in [-0.2, -0.15) is 0 Å². The predicted octanol–water partition coefficient (Wildman–Crippen LogP) is 6.72. The van der Waals surface area contributed by atoms with Crippen molar-refractivity contribution in [2.75, 3.05) is 6.61 Å². The molecule has 0 saturated carbocycles. The summed E-state index contributed by atoms with van der Waals surface area (Å²) in [5.41, 5.74) is 5.79. The van der Waals surface area contributed by atoms with Gasteiger partial charge in [0.05, 0.1) is 6.61 Å². The Morgan fingerprint density at radius 2 is 1.50 bits per heavy atom. The number of hydrogen-bond acceptors (Lipinski definition) is 2. The van der Waals surface area contributed by atoms with Crippen LogP contribution in [0.15, 0.2) is 28.7 Å². The van der Waals surface area contributed by atoms with Crippen LogP contribution in [0, 0.1) is 13.8 Å². The number of unbranched alkanes of at least 4 members (excludes halogenated alkanes) is 2. The number of fused-ring (bicyclic) bond motifs is 3. The fraction of sp³-hybridized carbons (Fsp3) is 0.455. The standard InChI is InChI=1S/C22H28O2/c1-5-7-9-17-10-11-18-19-12-13-20(23-14-8-6-2)16(4)22(19)24-21(18)15(17)3/h10-13H,5-9,14H2,1-4H3. The maximum absolute atomic E-state index is 6.30. The van der Waals surface area contributed by atoms with Gasteiger partial charge in [-0.1, -0.05) is 38.8 Å². The molecular weight excluding hydrogens is 296 g/mol. The Labute approximate surface area is 144 Å². The Morgan fingerprint density at radius 3 is 2.21 bits per heavy atom. The van der Waals surface area contributed by atoms with E-state index in [1.54, 1.807) is 0 Å². The van der Waals surface area contributed by atoms with Crippen LogP contribution in [0.3, 0.4) is 0 Å². The maximum atomic E-state index is 6.30. The molecule has 1 aromatic heterocycles. The largest absolute Gasteiger partial charge is 0.493 e. The smallest absolute Gasteiger partial charge is 0.142 e. The quantitative estimate of drug-likeness (QED) is 0.450. The van der Waals surface area contributed by atoms with E-state index >= 15 is 0 Å². The molecule has 0 bridgehead atoms. The second-order valence-electron chi connectivity index (χ2n) is 6.70. The fourth-order valence-corrected chi connectivity index (χ4v) is 3.32. The Morgan fingerprint density at radius 1 is 0.833 bits per heavy atom. The van der Waals surface area contributed by atoms with Gasteiger partial charge in [0.15, 0.2) is 0 Å². The van der Waals surface area contributed by atoms with Crippen molar-refractivity contribution < 1.29 is 9.15 Å². The highest BCUT2D eigenvalue weighted by Crippen LogP contribution is 2.37. The van der Waals surface area contributed by atoms with Crippen LogP contribution in [0.5, 0.6) is 5.75 Å². The highest BCUT2D eigenvalue weighted by molar-refractivity contribution is 6.07. The molecule has 0 aliphatic heterocycles. The van der Waals surface area contributed by atoms with E-state index in [0.29, 0.717) is 0 Å². The molecule has 2 nitrogen and oxygen atoms in total. The Balaban J connectivity index is 2.06. The SMILES string of the molecule is CCCCOc1ccc2c(oc3c(C)c(CCCC)ccc32)c1C. The first kappa shape index (κ1) is 16.9. The number of aryl methyl sites for hydroxylation is 3. The fourth-order valence-electron chi connectivity index (χ4n) is 3.32. The first-order chi connectivity index (χ1) is 11.7. The lowest BCUT2D eigenvalue weighted by atomic mass is 10.00. The summed E-state index contributed by atoms with van der Waals surface area (Å²) in [5, 5.41) is 2.40. The second-order valence-corrected chi connectivity index (χ2v) is 6.70. The van der Waals surface area contributed by atoms with E-state index in [2.05, 4.69) is 52.0 Å². The van der Waals surface area contributed by atoms with E-state index in [0.717, 1.165) is 48.3 Å². The summed E-state index contributed by atoms with van der Waals surface area (Å²) in [6.45, 7) is 9.46. The van der Waals surface area contributed by atoms with Crippen molar-refractivity contribution in [1.29, 1.82) is 0 Å². The number of ether oxygens (including phenoxy) is 1. The molecule has 24 heavy (non-hydrogen) atoms. The van der Waals surface area contributed by atoms with Crippen LogP contribution in [0.4, 0.5) is 0 Å². The minimum atomic E-state index is 0.767. The van der Waals surface area contributed by atoms with Gasteiger partial charge in [-0.3, -0.25) is 0 Å². The third kappa shape index (κ3) is 3.02. The lowest BCUT2D eigenvalue weighted by molar-refractivity contribution is 0.307. The van der Waals surface area contributed by atoms with Gasteiger partial charge in [0, 0.05) is 16.3 Å². The molecule has 0 amide bonds. The van der Waals surface area contributed by atoms with Crippen LogP contribution in [-0.4, -0.2) is 6.61 Å². The topological polar surface area (TPSA) is 22.4 Å². The average Bonchev–Trinajstić information content (AvgIpc) is 2.97. The molecule has 0 unspecified atom stereocenters. The average molecular weight is 324 g/mol. The number of benzene rings is 2. The zero-order valence-corrected chi connectivity index (χ0v) is 15.4. The molecule has 0 radical (unpaired) electrons. The molecular formula is C22H28O2. The van der Waals surface area contributed by atoms with E-state index in [4.69, 9.17) is 9.15 Å². The summed E-state index contributed by atoms with van der Waals surface area (Å²) in [7, 11) is 0. The highest BCUT2D eigenvalue weighted by atomic mass is 16.5. The molecule has 0 atom stereocenters. The molecule has 0 aliphatic rings. The Kier molecular flexibility index (Phi) is 5.13. The Hall–Kier alpha value is -1.96. The van der Waals surface area contributed by atoms with E-state index < -0.39 is 0 Å². The molecule has 0 spiro atoms. The van der Waals surface area contributed by atoms with Gasteiger partial charge in [0.1, 0.15) is 16.9 Å². The van der Waals surface area contributed by atoms with E-state index in [1.165, 1.54) is 34.7 Å². The molecule has 1 heterocycles. The van der Waals surface area contributed by atoms with Crippen LogP contribution in [0.25, 0.3) is 21.9 Å². The van der Waals surface area contributed by atoms with Gasteiger partial charge in [-0.25, -0.2) is 0 Å². The summed E-state index contributed by atoms with van der Waals surface area (Å²) in [4.78, 5) is 0. The van der Waals surface area contributed by atoms with Crippen LogP contribution in [0.1, 0.15) is 56.2 Å². The summed E-state index contributed by atoms with van der Waals surface area (Å²) in [5.74, 6) is 0.943. The lowest BCUT2D eigenvalue weighted by Crippen LogP contribution is -1.97. The molecule has 2 aromatic carbocycles. The van der Waals surface area contributed by atoms with Crippen LogP contribution < -0.4 is 4.74 Å². The minimum Gasteiger partial charge on any atom is -0.493 e. The van der Waals surface area contributed by atoms with Crippen molar-refractivity contribution in [2.45, 2.75) is 59.8 Å². The first-order valence-corrected chi connectivity index (χ1v) is 9.24. The van der Waals surface area contributed by atoms with Gasteiger partial charge in [0.25, 0.3) is 0 Å². The van der Waals surface area contributed by atoms with Crippen molar-refractivity contribution in [3.63, 3.8) is 0 Å². The zero-order chi connectivity index (χ0) is 17.1. The molecule has 2 heteroatoms. The molecule has 0 N–H and O–H groups in total.